The van der Waals surface area contributed by atoms with Crippen LogP contribution in [-0.4, -0.2) is 17.8 Å². The third-order valence-corrected chi connectivity index (χ3v) is 5.77. The Balaban J connectivity index is 1.70. The number of rotatable bonds is 5. The van der Waals surface area contributed by atoms with Crippen molar-refractivity contribution in [3.05, 3.63) is 98.0 Å². The van der Waals surface area contributed by atoms with Crippen molar-refractivity contribution in [2.24, 2.45) is 0 Å². The molecule has 0 aromatic heterocycles. The smallest absolute Gasteiger partial charge is 0.335 e. The Morgan fingerprint density at radius 2 is 1.62 bits per heavy atom. The number of imide groups is 2. The van der Waals surface area contributed by atoms with Crippen LogP contribution in [0.1, 0.15) is 16.7 Å². The molecule has 0 radical (unpaired) electrons. The number of urea groups is 1. The topological polar surface area (TPSA) is 75.7 Å². The molecule has 3 aromatic carbocycles. The predicted octanol–water partition coefficient (Wildman–Crippen LogP) is 6.20. The summed E-state index contributed by atoms with van der Waals surface area (Å²) in [5, 5.41) is 3.50. The van der Waals surface area contributed by atoms with E-state index in [1.54, 1.807) is 55.5 Å². The Kier molecular flexibility index (Phi) is 6.93. The molecule has 0 bridgehead atoms. The van der Waals surface area contributed by atoms with Crippen molar-refractivity contribution in [2.45, 2.75) is 13.5 Å². The van der Waals surface area contributed by atoms with Crippen LogP contribution in [0.2, 0.25) is 15.1 Å². The number of amides is 4. The molecule has 9 heteroatoms. The first-order valence-electron chi connectivity index (χ1n) is 10.1. The fourth-order valence-electron chi connectivity index (χ4n) is 3.41. The normalized spacial score (nSPS) is 15.0. The van der Waals surface area contributed by atoms with Crippen LogP contribution in [0.15, 0.2) is 66.2 Å². The van der Waals surface area contributed by atoms with E-state index in [4.69, 9.17) is 39.5 Å². The fraction of sp³-hybridized carbons (Fsp3) is 0.0800. The highest BCUT2D eigenvalue weighted by atomic mass is 35.5. The number of halogens is 3. The lowest BCUT2D eigenvalue weighted by Crippen LogP contribution is -2.54. The molecule has 1 aliphatic rings. The first kappa shape index (κ1) is 23.8. The van der Waals surface area contributed by atoms with Crippen LogP contribution in [0.5, 0.6) is 5.75 Å². The summed E-state index contributed by atoms with van der Waals surface area (Å²) in [6.07, 6.45) is 1.34. The summed E-state index contributed by atoms with van der Waals surface area (Å²) in [6, 6.07) is 16.0. The summed E-state index contributed by atoms with van der Waals surface area (Å²) in [7, 11) is 0. The Bertz CT molecular complexity index is 1350. The summed E-state index contributed by atoms with van der Waals surface area (Å²) in [6.45, 7) is 1.93. The average Bonchev–Trinajstić information content (AvgIpc) is 2.78. The minimum absolute atomic E-state index is 0.199. The van der Waals surface area contributed by atoms with Crippen LogP contribution in [0, 0.1) is 6.92 Å². The van der Waals surface area contributed by atoms with Gasteiger partial charge in [0, 0.05) is 20.6 Å². The molecule has 34 heavy (non-hydrogen) atoms. The molecular weight excluding hydrogens is 499 g/mol. The molecular formula is C25H17Cl3N2O4. The quantitative estimate of drug-likeness (QED) is 0.324. The zero-order chi connectivity index (χ0) is 24.4. The van der Waals surface area contributed by atoms with E-state index in [-0.39, 0.29) is 17.9 Å². The van der Waals surface area contributed by atoms with Gasteiger partial charge in [0.2, 0.25) is 0 Å². The molecule has 1 saturated heterocycles. The summed E-state index contributed by atoms with van der Waals surface area (Å²) in [5.41, 5.74) is 1.88. The van der Waals surface area contributed by atoms with Crippen LogP contribution in [0.4, 0.5) is 10.5 Å². The van der Waals surface area contributed by atoms with Crippen molar-refractivity contribution in [2.75, 3.05) is 4.90 Å². The molecule has 4 rings (SSSR count). The molecule has 0 aliphatic carbocycles. The Labute approximate surface area is 210 Å². The van der Waals surface area contributed by atoms with Gasteiger partial charge in [-0.15, -0.1) is 0 Å². The van der Waals surface area contributed by atoms with Crippen LogP contribution in [0.25, 0.3) is 6.08 Å². The van der Waals surface area contributed by atoms with Crippen LogP contribution < -0.4 is 15.0 Å². The lowest BCUT2D eigenvalue weighted by atomic mass is 10.0. The molecule has 0 unspecified atom stereocenters. The molecule has 3 aromatic rings. The summed E-state index contributed by atoms with van der Waals surface area (Å²) >= 11 is 18.3. The highest BCUT2D eigenvalue weighted by Crippen LogP contribution is 2.30. The number of nitrogens with one attached hydrogen (secondary N) is 1. The maximum Gasteiger partial charge on any atom is 0.335 e. The molecule has 6 nitrogen and oxygen atoms in total. The van der Waals surface area contributed by atoms with E-state index in [2.05, 4.69) is 5.32 Å². The lowest BCUT2D eigenvalue weighted by molar-refractivity contribution is -0.122. The maximum atomic E-state index is 13.3. The minimum Gasteiger partial charge on any atom is -0.488 e. The van der Waals surface area contributed by atoms with E-state index < -0.39 is 17.8 Å². The molecule has 0 spiro atoms. The number of ether oxygens (including phenoxy) is 1. The van der Waals surface area contributed by atoms with Gasteiger partial charge in [-0.1, -0.05) is 53.0 Å². The maximum absolute atomic E-state index is 13.3. The van der Waals surface area contributed by atoms with Crippen molar-refractivity contribution >= 4 is 64.4 Å². The second-order valence-corrected chi connectivity index (χ2v) is 8.80. The second kappa shape index (κ2) is 9.89. The van der Waals surface area contributed by atoms with Crippen LogP contribution in [-0.2, 0) is 16.2 Å². The number of hydrogen-bond donors (Lipinski definition) is 1. The van der Waals surface area contributed by atoms with E-state index in [1.165, 1.54) is 12.1 Å². The summed E-state index contributed by atoms with van der Waals surface area (Å²) < 4.78 is 5.91. The van der Waals surface area contributed by atoms with Gasteiger partial charge in [-0.05, 0) is 66.6 Å². The van der Waals surface area contributed by atoms with Gasteiger partial charge in [-0.25, -0.2) is 9.69 Å². The van der Waals surface area contributed by atoms with Gasteiger partial charge in [0.1, 0.15) is 17.9 Å². The molecule has 1 N–H and O–H groups in total. The van der Waals surface area contributed by atoms with Crippen molar-refractivity contribution in [3.63, 3.8) is 0 Å². The summed E-state index contributed by atoms with van der Waals surface area (Å²) in [5.74, 6) is -1.23. The highest BCUT2D eigenvalue weighted by molar-refractivity contribution is 6.40. The first-order chi connectivity index (χ1) is 16.2. The Hall–Kier alpha value is -3.32. The third-order valence-electron chi connectivity index (χ3n) is 5.07. The van der Waals surface area contributed by atoms with Gasteiger partial charge in [0.15, 0.2) is 0 Å². The standard InChI is InChI=1S/C25H17Cl3N2O4/c1-14-5-6-19(28)12-21(14)30-24(32)20(23(31)29-25(30)33)11-16-10-18(27)7-8-22(16)34-13-15-3-2-4-17(26)9-15/h2-12H,13H2,1H3,(H,29,31,33)/b20-11+. The van der Waals surface area contributed by atoms with E-state index in [0.29, 0.717) is 31.9 Å². The molecule has 1 fully saturated rings. The monoisotopic (exact) mass is 514 g/mol. The molecule has 1 aliphatic heterocycles. The van der Waals surface area contributed by atoms with Gasteiger partial charge in [0.05, 0.1) is 5.69 Å². The number of nitrogens with zero attached hydrogens (tertiary/aromatic N) is 1. The Morgan fingerprint density at radius 1 is 0.912 bits per heavy atom. The number of barbiturate groups is 1. The van der Waals surface area contributed by atoms with E-state index in [0.717, 1.165) is 10.5 Å². The number of carbonyl (C=O) groups is 3. The van der Waals surface area contributed by atoms with Gasteiger partial charge >= 0.3 is 6.03 Å². The Morgan fingerprint density at radius 3 is 2.38 bits per heavy atom. The van der Waals surface area contributed by atoms with Crippen LogP contribution in [0.3, 0.4) is 0 Å². The average molecular weight is 516 g/mol. The van der Waals surface area contributed by atoms with Gasteiger partial charge < -0.3 is 4.74 Å². The summed E-state index contributed by atoms with van der Waals surface area (Å²) in [4.78, 5) is 39.3. The lowest BCUT2D eigenvalue weighted by Gasteiger charge is -2.27. The van der Waals surface area contributed by atoms with Crippen molar-refractivity contribution < 1.29 is 19.1 Å². The number of aryl methyl sites for hydroxylation is 1. The van der Waals surface area contributed by atoms with E-state index >= 15 is 0 Å². The zero-order valence-electron chi connectivity index (χ0n) is 17.8. The van der Waals surface area contributed by atoms with Crippen LogP contribution >= 0.6 is 34.8 Å². The minimum atomic E-state index is -0.860. The van der Waals surface area contributed by atoms with Crippen molar-refractivity contribution in [1.29, 1.82) is 0 Å². The van der Waals surface area contributed by atoms with Crippen molar-refractivity contribution in [1.82, 2.24) is 5.32 Å². The molecule has 4 amide bonds. The van der Waals surface area contributed by atoms with Crippen molar-refractivity contribution in [3.8, 4) is 5.75 Å². The van der Waals surface area contributed by atoms with E-state index in [9.17, 15) is 14.4 Å². The zero-order valence-corrected chi connectivity index (χ0v) is 20.0. The number of benzene rings is 3. The molecule has 172 valence electrons. The number of anilines is 1. The highest BCUT2D eigenvalue weighted by Gasteiger charge is 2.37. The molecule has 0 atom stereocenters. The van der Waals surface area contributed by atoms with Gasteiger partial charge in [-0.2, -0.15) is 0 Å². The second-order valence-electron chi connectivity index (χ2n) is 7.49. The van der Waals surface area contributed by atoms with E-state index in [1.807, 2.05) is 6.07 Å². The molecule has 0 saturated carbocycles. The fourth-order valence-corrected chi connectivity index (χ4v) is 3.97. The third kappa shape index (κ3) is 5.09. The predicted molar refractivity (Wildman–Crippen MR) is 132 cm³/mol. The van der Waals surface area contributed by atoms with Gasteiger partial charge in [0.25, 0.3) is 11.8 Å². The SMILES string of the molecule is Cc1ccc(Cl)cc1N1C(=O)NC(=O)/C(=C\c2cc(Cl)ccc2OCc2cccc(Cl)c2)C1=O. The first-order valence-corrected chi connectivity index (χ1v) is 11.2. The molecule has 1 heterocycles. The van der Waals surface area contributed by atoms with Gasteiger partial charge in [-0.3, -0.25) is 14.9 Å². The number of hydrogen-bond acceptors (Lipinski definition) is 4. The number of carbonyl (C=O) groups excluding carboxylic acids is 3. The largest absolute Gasteiger partial charge is 0.488 e.